The Labute approximate surface area is 183 Å². The van der Waals surface area contributed by atoms with Crippen LogP contribution in [0.4, 0.5) is 0 Å². The van der Waals surface area contributed by atoms with Crippen molar-refractivity contribution < 1.29 is 24.5 Å². The Morgan fingerprint density at radius 2 is 1.87 bits per heavy atom. The third-order valence-corrected chi connectivity index (χ3v) is 7.07. The number of carbonyl (C=O) groups excluding carboxylic acids is 1. The molecule has 2 unspecified atom stereocenters. The number of hydrogen-bond acceptors (Lipinski definition) is 5. The van der Waals surface area contributed by atoms with Crippen LogP contribution in [0.25, 0.3) is 0 Å². The van der Waals surface area contributed by atoms with E-state index in [1.165, 1.54) is 11.1 Å². The van der Waals surface area contributed by atoms with Crippen LogP contribution in [0.1, 0.15) is 36.5 Å². The number of hydrogen-bond donors (Lipinski definition) is 2. The summed E-state index contributed by atoms with van der Waals surface area (Å²) in [5.74, 6) is 0.942. The van der Waals surface area contributed by atoms with E-state index in [4.69, 9.17) is 9.47 Å². The monoisotopic (exact) mass is 425 g/mol. The maximum atomic E-state index is 12.2. The van der Waals surface area contributed by atoms with Gasteiger partial charge in [0.1, 0.15) is 12.7 Å². The van der Waals surface area contributed by atoms with Crippen LogP contribution in [0, 0.1) is 5.41 Å². The van der Waals surface area contributed by atoms with E-state index in [1.54, 1.807) is 18.9 Å². The van der Waals surface area contributed by atoms with E-state index in [0.29, 0.717) is 24.6 Å². The van der Waals surface area contributed by atoms with Crippen LogP contribution in [-0.2, 0) is 17.6 Å². The van der Waals surface area contributed by atoms with Crippen molar-refractivity contribution in [3.8, 4) is 11.5 Å². The predicted molar refractivity (Wildman–Crippen MR) is 117 cm³/mol. The fourth-order valence-electron chi connectivity index (χ4n) is 5.00. The number of nitrogens with zero attached hydrogens (tertiary/aromatic N) is 1. The quantitative estimate of drug-likeness (QED) is 0.744. The lowest BCUT2D eigenvalue weighted by Gasteiger charge is -2.34. The van der Waals surface area contributed by atoms with Crippen molar-refractivity contribution in [2.75, 3.05) is 26.8 Å². The van der Waals surface area contributed by atoms with Gasteiger partial charge in [0, 0.05) is 37.3 Å². The lowest BCUT2D eigenvalue weighted by molar-refractivity contribution is -0.133. The van der Waals surface area contributed by atoms with Gasteiger partial charge in [-0.25, -0.2) is 0 Å². The first kappa shape index (κ1) is 21.7. The Kier molecular flexibility index (Phi) is 5.95. The van der Waals surface area contributed by atoms with Gasteiger partial charge in [-0.3, -0.25) is 4.79 Å². The molecule has 0 aromatic heterocycles. The minimum Gasteiger partial charge on any atom is -0.493 e. The molecule has 4 rings (SSSR count). The van der Waals surface area contributed by atoms with Gasteiger partial charge in [-0.15, -0.1) is 0 Å². The Morgan fingerprint density at radius 3 is 2.45 bits per heavy atom. The average Bonchev–Trinajstić information content (AvgIpc) is 3.34. The van der Waals surface area contributed by atoms with Crippen molar-refractivity contribution >= 4 is 5.91 Å². The Bertz CT molecular complexity index is 934. The molecule has 1 aliphatic carbocycles. The van der Waals surface area contributed by atoms with Gasteiger partial charge in [0.2, 0.25) is 5.91 Å². The summed E-state index contributed by atoms with van der Waals surface area (Å²) in [6.45, 7) is 4.07. The van der Waals surface area contributed by atoms with Gasteiger partial charge in [0.05, 0.1) is 13.2 Å². The number of rotatable bonds is 6. The molecule has 0 saturated carbocycles. The second-order valence-corrected chi connectivity index (χ2v) is 8.99. The number of methoxy groups -OCH3 is 1. The predicted octanol–water partition coefficient (Wildman–Crippen LogP) is 2.55. The standard InChI is InChI=1S/C25H31NO5/c1-16(28)25(2)15-26(24(29)14-27)13-21(25)19-8-9-22(30-3)23(12-19)31-20-10-17-6-4-5-7-18(17)11-20/h4-9,12,16,20-21,27-28H,10-11,13-15H2,1-3H3/t16-,21?,25?/m1/s1. The third kappa shape index (κ3) is 4.02. The highest BCUT2D eigenvalue weighted by Gasteiger charge is 2.48. The Hall–Kier alpha value is -2.57. The molecule has 2 aromatic carbocycles. The van der Waals surface area contributed by atoms with Crippen LogP contribution in [0.5, 0.6) is 11.5 Å². The molecule has 2 N–H and O–H groups in total. The molecule has 1 aliphatic heterocycles. The number of fused-ring (bicyclic) bond motifs is 1. The molecule has 166 valence electrons. The van der Waals surface area contributed by atoms with Gasteiger partial charge in [-0.1, -0.05) is 37.3 Å². The zero-order valence-electron chi connectivity index (χ0n) is 18.4. The first-order valence-electron chi connectivity index (χ1n) is 10.8. The van der Waals surface area contributed by atoms with Crippen LogP contribution in [0.2, 0.25) is 0 Å². The summed E-state index contributed by atoms with van der Waals surface area (Å²) in [6, 6.07) is 14.3. The van der Waals surface area contributed by atoms with Crippen molar-refractivity contribution in [2.45, 2.75) is 44.8 Å². The zero-order chi connectivity index (χ0) is 22.2. The van der Waals surface area contributed by atoms with E-state index in [2.05, 4.69) is 24.3 Å². The maximum absolute atomic E-state index is 12.2. The van der Waals surface area contributed by atoms with Crippen molar-refractivity contribution in [3.05, 3.63) is 59.2 Å². The summed E-state index contributed by atoms with van der Waals surface area (Å²) in [6.07, 6.45) is 1.14. The molecule has 1 saturated heterocycles. The average molecular weight is 426 g/mol. The first-order valence-corrected chi connectivity index (χ1v) is 10.8. The van der Waals surface area contributed by atoms with Gasteiger partial charge >= 0.3 is 0 Å². The van der Waals surface area contributed by atoms with E-state index in [1.807, 2.05) is 25.1 Å². The fraction of sp³-hybridized carbons (Fsp3) is 0.480. The summed E-state index contributed by atoms with van der Waals surface area (Å²) in [7, 11) is 1.63. The van der Waals surface area contributed by atoms with Crippen molar-refractivity contribution in [3.63, 3.8) is 0 Å². The van der Waals surface area contributed by atoms with Gasteiger partial charge in [0.15, 0.2) is 11.5 Å². The number of carbonyl (C=O) groups is 1. The number of aliphatic hydroxyl groups excluding tert-OH is 2. The summed E-state index contributed by atoms with van der Waals surface area (Å²) in [5.41, 5.74) is 3.10. The molecule has 6 nitrogen and oxygen atoms in total. The lowest BCUT2D eigenvalue weighted by atomic mass is 9.72. The maximum Gasteiger partial charge on any atom is 0.248 e. The number of amides is 1. The van der Waals surface area contributed by atoms with Gasteiger partial charge in [-0.2, -0.15) is 0 Å². The lowest BCUT2D eigenvalue weighted by Crippen LogP contribution is -2.38. The van der Waals surface area contributed by atoms with Gasteiger partial charge in [0.25, 0.3) is 0 Å². The number of likely N-dealkylation sites (tertiary alicyclic amines) is 1. The smallest absolute Gasteiger partial charge is 0.248 e. The molecule has 6 heteroatoms. The summed E-state index contributed by atoms with van der Waals surface area (Å²) >= 11 is 0. The normalized spacial score (nSPS) is 24.2. The zero-order valence-corrected chi connectivity index (χ0v) is 18.4. The molecule has 1 fully saturated rings. The summed E-state index contributed by atoms with van der Waals surface area (Å²) in [4.78, 5) is 13.8. The van der Waals surface area contributed by atoms with Crippen molar-refractivity contribution in [1.82, 2.24) is 4.90 Å². The van der Waals surface area contributed by atoms with E-state index < -0.39 is 18.1 Å². The highest BCUT2D eigenvalue weighted by molar-refractivity contribution is 5.77. The molecule has 2 aromatic rings. The number of ether oxygens (including phenoxy) is 2. The van der Waals surface area contributed by atoms with E-state index >= 15 is 0 Å². The highest BCUT2D eigenvalue weighted by Crippen LogP contribution is 2.47. The molecular formula is C25H31NO5. The van der Waals surface area contributed by atoms with E-state index in [0.717, 1.165) is 18.4 Å². The Balaban J connectivity index is 1.61. The van der Waals surface area contributed by atoms with Gasteiger partial charge in [-0.05, 0) is 35.7 Å². The minimum absolute atomic E-state index is 0.0424. The summed E-state index contributed by atoms with van der Waals surface area (Å²) in [5, 5.41) is 19.9. The molecule has 1 heterocycles. The highest BCUT2D eigenvalue weighted by atomic mass is 16.5. The SMILES string of the molecule is COc1ccc(C2CN(C(=O)CO)CC2(C)[C@@H](C)O)cc1OC1Cc2ccccc2C1. The molecular weight excluding hydrogens is 394 g/mol. The van der Waals surface area contributed by atoms with Gasteiger partial charge < -0.3 is 24.6 Å². The molecule has 31 heavy (non-hydrogen) atoms. The Morgan fingerprint density at radius 1 is 1.19 bits per heavy atom. The first-order chi connectivity index (χ1) is 14.9. The molecule has 3 atom stereocenters. The van der Waals surface area contributed by atoms with Crippen LogP contribution in [0.3, 0.4) is 0 Å². The minimum atomic E-state index is -0.621. The fourth-order valence-corrected chi connectivity index (χ4v) is 5.00. The summed E-state index contributed by atoms with van der Waals surface area (Å²) < 4.78 is 12.0. The van der Waals surface area contributed by atoms with Crippen LogP contribution >= 0.6 is 0 Å². The number of benzene rings is 2. The topological polar surface area (TPSA) is 79.2 Å². The van der Waals surface area contributed by atoms with Crippen LogP contribution < -0.4 is 9.47 Å². The van der Waals surface area contributed by atoms with Crippen molar-refractivity contribution in [2.24, 2.45) is 5.41 Å². The van der Waals surface area contributed by atoms with E-state index in [-0.39, 0.29) is 17.9 Å². The molecule has 2 aliphatic rings. The third-order valence-electron chi connectivity index (χ3n) is 7.07. The second kappa shape index (κ2) is 8.52. The van der Waals surface area contributed by atoms with Crippen LogP contribution in [0.15, 0.2) is 42.5 Å². The molecule has 0 bridgehead atoms. The van der Waals surface area contributed by atoms with Crippen molar-refractivity contribution in [1.29, 1.82) is 0 Å². The second-order valence-electron chi connectivity index (χ2n) is 8.99. The largest absolute Gasteiger partial charge is 0.493 e. The van der Waals surface area contributed by atoms with Crippen LogP contribution in [-0.4, -0.2) is 60.0 Å². The molecule has 0 spiro atoms. The van der Waals surface area contributed by atoms with E-state index in [9.17, 15) is 15.0 Å². The number of aliphatic hydroxyl groups is 2. The molecule has 1 amide bonds. The molecule has 0 radical (unpaired) electrons.